The van der Waals surface area contributed by atoms with Crippen molar-refractivity contribution >= 4 is 5.91 Å². The van der Waals surface area contributed by atoms with Crippen LogP contribution < -0.4 is 5.32 Å². The van der Waals surface area contributed by atoms with Crippen molar-refractivity contribution in [3.05, 3.63) is 0 Å². The number of carbonyl (C=O) groups excluding carboxylic acids is 1. The van der Waals surface area contributed by atoms with Crippen LogP contribution in [0.2, 0.25) is 0 Å². The van der Waals surface area contributed by atoms with Crippen molar-refractivity contribution < 1.29 is 14.6 Å². The molecule has 0 atom stereocenters. The summed E-state index contributed by atoms with van der Waals surface area (Å²) in [5.41, 5.74) is -0.577. The van der Waals surface area contributed by atoms with Crippen LogP contribution in [-0.2, 0) is 9.53 Å². The second-order valence-corrected chi connectivity index (χ2v) is 4.09. The first-order valence-electron chi connectivity index (χ1n) is 5.07. The molecule has 0 spiro atoms. The van der Waals surface area contributed by atoms with Gasteiger partial charge in [0.2, 0.25) is 5.91 Å². The average Bonchev–Trinajstić information content (AvgIpc) is 2.16. The van der Waals surface area contributed by atoms with E-state index in [0.29, 0.717) is 19.8 Å². The number of hydrogen-bond donors (Lipinski definition) is 2. The predicted octanol–water partition coefficient (Wildman–Crippen LogP) is -0.548. The van der Waals surface area contributed by atoms with Crippen molar-refractivity contribution in [3.8, 4) is 0 Å². The number of rotatable bonds is 7. The Balaban J connectivity index is 3.79. The molecule has 0 rings (SSSR count). The molecule has 0 aliphatic carbocycles. The third-order valence-electron chi connectivity index (χ3n) is 1.99. The summed E-state index contributed by atoms with van der Waals surface area (Å²) in [5, 5.41) is 11.6. The van der Waals surface area contributed by atoms with Crippen molar-refractivity contribution in [1.82, 2.24) is 10.2 Å². The molecule has 0 fully saturated rings. The monoisotopic (exact) mass is 218 g/mol. The highest BCUT2D eigenvalue weighted by Crippen LogP contribution is 2.04. The van der Waals surface area contributed by atoms with Gasteiger partial charge in [-0.05, 0) is 13.8 Å². The van der Waals surface area contributed by atoms with Crippen molar-refractivity contribution in [1.29, 1.82) is 0 Å². The van der Waals surface area contributed by atoms with Crippen LogP contribution in [0.15, 0.2) is 0 Å². The van der Waals surface area contributed by atoms with E-state index in [2.05, 4.69) is 5.32 Å². The van der Waals surface area contributed by atoms with E-state index >= 15 is 0 Å². The summed E-state index contributed by atoms with van der Waals surface area (Å²) in [4.78, 5) is 13.2. The normalized spacial score (nSPS) is 11.5. The van der Waals surface area contributed by atoms with Gasteiger partial charge < -0.3 is 20.1 Å². The molecule has 5 heteroatoms. The van der Waals surface area contributed by atoms with E-state index in [4.69, 9.17) is 9.84 Å². The summed E-state index contributed by atoms with van der Waals surface area (Å²) in [6.07, 6.45) is 0. The topological polar surface area (TPSA) is 61.8 Å². The fourth-order valence-corrected chi connectivity index (χ4v) is 1.24. The minimum Gasteiger partial charge on any atom is -0.394 e. The highest BCUT2D eigenvalue weighted by molar-refractivity contribution is 5.84. The van der Waals surface area contributed by atoms with E-state index < -0.39 is 5.54 Å². The van der Waals surface area contributed by atoms with E-state index in [1.54, 1.807) is 19.0 Å². The standard InChI is InChI=1S/C10H22N2O3/c1-10(2,9(14)12(3)4)11-5-7-15-8-6-13/h11,13H,5-8H2,1-4H3. The van der Waals surface area contributed by atoms with Gasteiger partial charge in [-0.25, -0.2) is 0 Å². The molecule has 15 heavy (non-hydrogen) atoms. The van der Waals surface area contributed by atoms with Gasteiger partial charge in [0, 0.05) is 20.6 Å². The largest absolute Gasteiger partial charge is 0.394 e. The Morgan fingerprint density at radius 3 is 2.47 bits per heavy atom. The number of nitrogens with zero attached hydrogens (tertiary/aromatic N) is 1. The van der Waals surface area contributed by atoms with E-state index in [0.717, 1.165) is 0 Å². The lowest BCUT2D eigenvalue weighted by Crippen LogP contribution is -2.52. The summed E-state index contributed by atoms with van der Waals surface area (Å²) in [7, 11) is 3.46. The molecule has 0 saturated heterocycles. The van der Waals surface area contributed by atoms with E-state index in [1.807, 2.05) is 13.8 Å². The molecule has 1 amide bonds. The number of aliphatic hydroxyl groups excluding tert-OH is 1. The summed E-state index contributed by atoms with van der Waals surface area (Å²) < 4.78 is 5.08. The van der Waals surface area contributed by atoms with Crippen LogP contribution in [0.4, 0.5) is 0 Å². The number of amides is 1. The van der Waals surface area contributed by atoms with Crippen LogP contribution >= 0.6 is 0 Å². The SMILES string of the molecule is CN(C)C(=O)C(C)(C)NCCOCCO. The minimum atomic E-state index is -0.577. The molecule has 0 heterocycles. The van der Waals surface area contributed by atoms with Gasteiger partial charge in [0.25, 0.3) is 0 Å². The Morgan fingerprint density at radius 2 is 2.00 bits per heavy atom. The molecule has 0 saturated carbocycles. The zero-order valence-corrected chi connectivity index (χ0v) is 10.0. The Hall–Kier alpha value is -0.650. The number of aliphatic hydroxyl groups is 1. The third-order valence-corrected chi connectivity index (χ3v) is 1.99. The first-order chi connectivity index (χ1) is 6.91. The van der Waals surface area contributed by atoms with Gasteiger partial charge in [-0.15, -0.1) is 0 Å². The molecule has 90 valence electrons. The summed E-state index contributed by atoms with van der Waals surface area (Å²) in [6.45, 7) is 5.11. The predicted molar refractivity (Wildman–Crippen MR) is 58.7 cm³/mol. The smallest absolute Gasteiger partial charge is 0.241 e. The Kier molecular flexibility index (Phi) is 6.47. The van der Waals surface area contributed by atoms with Crippen LogP contribution in [-0.4, -0.2) is 61.9 Å². The van der Waals surface area contributed by atoms with E-state index in [-0.39, 0.29) is 12.5 Å². The highest BCUT2D eigenvalue weighted by Gasteiger charge is 2.27. The van der Waals surface area contributed by atoms with Gasteiger partial charge in [0.1, 0.15) is 0 Å². The summed E-state index contributed by atoms with van der Waals surface area (Å²) >= 11 is 0. The van der Waals surface area contributed by atoms with Crippen molar-refractivity contribution in [2.45, 2.75) is 19.4 Å². The van der Waals surface area contributed by atoms with Crippen LogP contribution in [0.5, 0.6) is 0 Å². The lowest BCUT2D eigenvalue weighted by molar-refractivity contribution is -0.134. The Labute approximate surface area is 91.4 Å². The lowest BCUT2D eigenvalue weighted by Gasteiger charge is -2.28. The van der Waals surface area contributed by atoms with E-state index in [1.165, 1.54) is 0 Å². The fourth-order valence-electron chi connectivity index (χ4n) is 1.24. The molecule has 0 bridgehead atoms. The van der Waals surface area contributed by atoms with Crippen LogP contribution in [0, 0.1) is 0 Å². The highest BCUT2D eigenvalue weighted by atomic mass is 16.5. The number of carbonyl (C=O) groups is 1. The van der Waals surface area contributed by atoms with Gasteiger partial charge in [-0.2, -0.15) is 0 Å². The molecule has 0 aromatic rings. The van der Waals surface area contributed by atoms with Crippen LogP contribution in [0.1, 0.15) is 13.8 Å². The zero-order chi connectivity index (χ0) is 11.9. The molecule has 0 aromatic heterocycles. The number of nitrogens with one attached hydrogen (secondary N) is 1. The van der Waals surface area contributed by atoms with Crippen LogP contribution in [0.25, 0.3) is 0 Å². The first kappa shape index (κ1) is 14.3. The average molecular weight is 218 g/mol. The molecular weight excluding hydrogens is 196 g/mol. The molecular formula is C10H22N2O3. The lowest BCUT2D eigenvalue weighted by atomic mass is 10.0. The fraction of sp³-hybridized carbons (Fsp3) is 0.900. The minimum absolute atomic E-state index is 0.0278. The number of ether oxygens (including phenoxy) is 1. The first-order valence-corrected chi connectivity index (χ1v) is 5.07. The van der Waals surface area contributed by atoms with E-state index in [9.17, 15) is 4.79 Å². The zero-order valence-electron chi connectivity index (χ0n) is 10.0. The van der Waals surface area contributed by atoms with Gasteiger partial charge in [0.05, 0.1) is 25.4 Å². The van der Waals surface area contributed by atoms with Crippen molar-refractivity contribution in [2.75, 3.05) is 40.5 Å². The number of likely N-dealkylation sites (N-methyl/N-ethyl adjacent to an activating group) is 1. The maximum atomic E-state index is 11.7. The van der Waals surface area contributed by atoms with Crippen molar-refractivity contribution in [2.24, 2.45) is 0 Å². The molecule has 0 aromatic carbocycles. The summed E-state index contributed by atoms with van der Waals surface area (Å²) in [6, 6.07) is 0. The molecule has 2 N–H and O–H groups in total. The van der Waals surface area contributed by atoms with Crippen molar-refractivity contribution in [3.63, 3.8) is 0 Å². The molecule has 0 aliphatic rings. The molecule has 5 nitrogen and oxygen atoms in total. The maximum absolute atomic E-state index is 11.7. The van der Waals surface area contributed by atoms with Gasteiger partial charge in [0.15, 0.2) is 0 Å². The molecule has 0 aliphatic heterocycles. The number of hydrogen-bond acceptors (Lipinski definition) is 4. The maximum Gasteiger partial charge on any atom is 0.241 e. The Bertz CT molecular complexity index is 193. The second kappa shape index (κ2) is 6.76. The van der Waals surface area contributed by atoms with Crippen LogP contribution in [0.3, 0.4) is 0 Å². The molecule has 0 unspecified atom stereocenters. The quantitative estimate of drug-likeness (QED) is 0.563. The summed E-state index contributed by atoms with van der Waals surface area (Å²) in [5.74, 6) is 0.0321. The molecule has 0 radical (unpaired) electrons. The van der Waals surface area contributed by atoms with Gasteiger partial charge in [-0.3, -0.25) is 4.79 Å². The third kappa shape index (κ3) is 5.71. The Morgan fingerprint density at radius 1 is 1.40 bits per heavy atom. The second-order valence-electron chi connectivity index (χ2n) is 4.09. The van der Waals surface area contributed by atoms with Gasteiger partial charge >= 0.3 is 0 Å². The van der Waals surface area contributed by atoms with Gasteiger partial charge in [-0.1, -0.05) is 0 Å².